The zero-order valence-corrected chi connectivity index (χ0v) is 13.4. The minimum absolute atomic E-state index is 0.507. The quantitative estimate of drug-likeness (QED) is 0.911. The van der Waals surface area contributed by atoms with Crippen LogP contribution >= 0.6 is 27.3 Å². The van der Waals surface area contributed by atoms with Crippen LogP contribution < -0.4 is 5.32 Å². The van der Waals surface area contributed by atoms with E-state index in [0.717, 1.165) is 18.0 Å². The van der Waals surface area contributed by atoms with Crippen LogP contribution in [0.5, 0.6) is 0 Å². The molecule has 0 saturated heterocycles. The number of rotatable bonds is 4. The molecule has 0 aliphatic heterocycles. The van der Waals surface area contributed by atoms with E-state index in [4.69, 9.17) is 0 Å². The zero-order chi connectivity index (χ0) is 13.2. The Labute approximate surface area is 126 Å². The van der Waals surface area contributed by atoms with Gasteiger partial charge < -0.3 is 5.32 Å². The van der Waals surface area contributed by atoms with Gasteiger partial charge in [-0.15, -0.1) is 11.3 Å². The predicted molar refractivity (Wildman–Crippen MR) is 83.8 cm³/mol. The van der Waals surface area contributed by atoms with E-state index in [9.17, 15) is 0 Å². The second-order valence-electron chi connectivity index (χ2n) is 4.96. The van der Waals surface area contributed by atoms with Gasteiger partial charge >= 0.3 is 0 Å². The van der Waals surface area contributed by atoms with Crippen molar-refractivity contribution in [3.63, 3.8) is 0 Å². The second-order valence-corrected chi connectivity index (χ2v) is 6.88. The van der Waals surface area contributed by atoms with Crippen LogP contribution in [-0.4, -0.2) is 11.5 Å². The molecule has 1 N–H and O–H groups in total. The number of nitrogens with one attached hydrogen (secondary N) is 1. The molecular weight excluding hydrogens is 320 g/mol. The van der Waals surface area contributed by atoms with Gasteiger partial charge in [-0.2, -0.15) is 0 Å². The Morgan fingerprint density at radius 1 is 1.47 bits per heavy atom. The van der Waals surface area contributed by atoms with Gasteiger partial charge in [-0.05, 0) is 37.0 Å². The molecule has 0 spiro atoms. The monoisotopic (exact) mass is 336 g/mol. The lowest BCUT2D eigenvalue weighted by molar-refractivity contribution is 0.532. The molecule has 0 bridgehead atoms. The Bertz CT molecular complexity index is 579. The van der Waals surface area contributed by atoms with E-state index in [1.165, 1.54) is 34.1 Å². The average molecular weight is 337 g/mol. The lowest BCUT2D eigenvalue weighted by atomic mass is 10.1. The molecule has 100 valence electrons. The summed E-state index contributed by atoms with van der Waals surface area (Å²) in [6.07, 6.45) is 3.39. The first-order valence-electron chi connectivity index (χ1n) is 6.65. The number of benzene rings is 1. The van der Waals surface area contributed by atoms with Crippen LogP contribution in [0.2, 0.25) is 0 Å². The standard InChI is InChI=1S/C15H17BrN2S/c1-10-18-11(9-19-10)7-8-17-15-6-5-12-13(15)3-2-4-14(12)16/h2-4,9,15,17H,5-8H2,1H3. The summed E-state index contributed by atoms with van der Waals surface area (Å²) in [7, 11) is 0. The molecule has 1 aliphatic rings. The molecule has 4 heteroatoms. The fraction of sp³-hybridized carbons (Fsp3) is 0.400. The summed E-state index contributed by atoms with van der Waals surface area (Å²) < 4.78 is 1.25. The van der Waals surface area contributed by atoms with E-state index in [-0.39, 0.29) is 0 Å². The molecule has 1 aromatic heterocycles. The lowest BCUT2D eigenvalue weighted by Crippen LogP contribution is -2.22. The summed E-state index contributed by atoms with van der Waals surface area (Å²) in [5.41, 5.74) is 4.15. The molecule has 1 heterocycles. The number of aromatic nitrogens is 1. The summed E-state index contributed by atoms with van der Waals surface area (Å²) in [5, 5.41) is 6.99. The normalized spacial score (nSPS) is 17.7. The fourth-order valence-corrected chi connectivity index (χ4v) is 3.95. The molecule has 0 fully saturated rings. The summed E-state index contributed by atoms with van der Waals surface area (Å²) in [6.45, 7) is 3.06. The van der Waals surface area contributed by atoms with E-state index < -0.39 is 0 Å². The average Bonchev–Trinajstić information content (AvgIpc) is 2.98. The fourth-order valence-electron chi connectivity index (χ4n) is 2.72. The molecule has 2 nitrogen and oxygen atoms in total. The van der Waals surface area contributed by atoms with Crippen molar-refractivity contribution in [3.8, 4) is 0 Å². The summed E-state index contributed by atoms with van der Waals surface area (Å²) in [6, 6.07) is 7.02. The van der Waals surface area contributed by atoms with Crippen LogP contribution in [0.4, 0.5) is 0 Å². The molecule has 1 atom stereocenters. The van der Waals surface area contributed by atoms with Crippen molar-refractivity contribution in [2.24, 2.45) is 0 Å². The van der Waals surface area contributed by atoms with Gasteiger partial charge in [0.05, 0.1) is 10.7 Å². The summed E-state index contributed by atoms with van der Waals surface area (Å²) in [4.78, 5) is 4.50. The van der Waals surface area contributed by atoms with Gasteiger partial charge in [0.25, 0.3) is 0 Å². The first-order valence-corrected chi connectivity index (χ1v) is 8.33. The number of aryl methyl sites for hydroxylation is 1. The maximum Gasteiger partial charge on any atom is 0.0897 e. The van der Waals surface area contributed by atoms with E-state index in [1.807, 2.05) is 0 Å². The minimum atomic E-state index is 0.507. The molecule has 2 aromatic rings. The molecular formula is C15H17BrN2S. The predicted octanol–water partition coefficient (Wildman–Crippen LogP) is 4.03. The third-order valence-electron chi connectivity index (χ3n) is 3.65. The van der Waals surface area contributed by atoms with Crippen molar-refractivity contribution in [3.05, 3.63) is 49.9 Å². The maximum absolute atomic E-state index is 4.50. The minimum Gasteiger partial charge on any atom is -0.310 e. The van der Waals surface area contributed by atoms with Crippen LogP contribution in [0.3, 0.4) is 0 Å². The Kier molecular flexibility index (Phi) is 4.01. The highest BCUT2D eigenvalue weighted by atomic mass is 79.9. The number of hydrogen-bond donors (Lipinski definition) is 1. The van der Waals surface area contributed by atoms with Crippen LogP contribution in [0.1, 0.15) is 34.3 Å². The Hall–Kier alpha value is -0.710. The van der Waals surface area contributed by atoms with E-state index in [2.05, 4.69) is 56.7 Å². The van der Waals surface area contributed by atoms with Crippen molar-refractivity contribution >= 4 is 27.3 Å². The van der Waals surface area contributed by atoms with Gasteiger partial charge in [-0.25, -0.2) is 4.98 Å². The topological polar surface area (TPSA) is 24.9 Å². The van der Waals surface area contributed by atoms with E-state index in [0.29, 0.717) is 6.04 Å². The number of hydrogen-bond acceptors (Lipinski definition) is 3. The highest BCUT2D eigenvalue weighted by Gasteiger charge is 2.23. The molecule has 0 amide bonds. The number of fused-ring (bicyclic) bond motifs is 1. The van der Waals surface area contributed by atoms with E-state index >= 15 is 0 Å². The van der Waals surface area contributed by atoms with E-state index in [1.54, 1.807) is 11.3 Å². The van der Waals surface area contributed by atoms with Crippen LogP contribution in [0.15, 0.2) is 28.1 Å². The maximum atomic E-state index is 4.50. The summed E-state index contributed by atoms with van der Waals surface area (Å²) >= 11 is 5.38. The largest absolute Gasteiger partial charge is 0.310 e. The summed E-state index contributed by atoms with van der Waals surface area (Å²) in [5.74, 6) is 0. The van der Waals surface area contributed by atoms with Crippen molar-refractivity contribution in [1.29, 1.82) is 0 Å². The van der Waals surface area contributed by atoms with Crippen LogP contribution in [-0.2, 0) is 12.8 Å². The van der Waals surface area contributed by atoms with Gasteiger partial charge in [-0.1, -0.05) is 28.1 Å². The van der Waals surface area contributed by atoms with Gasteiger partial charge in [0.2, 0.25) is 0 Å². The third-order valence-corrected chi connectivity index (χ3v) is 5.22. The van der Waals surface area contributed by atoms with Crippen molar-refractivity contribution in [2.75, 3.05) is 6.54 Å². The Morgan fingerprint density at radius 3 is 3.16 bits per heavy atom. The number of thiazole rings is 1. The van der Waals surface area contributed by atoms with Crippen LogP contribution in [0.25, 0.3) is 0 Å². The van der Waals surface area contributed by atoms with Gasteiger partial charge in [0, 0.05) is 28.9 Å². The molecule has 1 aromatic carbocycles. The SMILES string of the molecule is Cc1nc(CCNC2CCc3c(Br)cccc32)cs1. The molecule has 0 saturated carbocycles. The van der Waals surface area contributed by atoms with Gasteiger partial charge in [-0.3, -0.25) is 0 Å². The lowest BCUT2D eigenvalue weighted by Gasteiger charge is -2.13. The number of nitrogens with zero attached hydrogens (tertiary/aromatic N) is 1. The molecule has 1 aliphatic carbocycles. The third kappa shape index (κ3) is 2.91. The van der Waals surface area contributed by atoms with Crippen molar-refractivity contribution < 1.29 is 0 Å². The van der Waals surface area contributed by atoms with Crippen molar-refractivity contribution in [1.82, 2.24) is 10.3 Å². The number of halogens is 1. The van der Waals surface area contributed by atoms with Gasteiger partial charge in [0.1, 0.15) is 0 Å². The Morgan fingerprint density at radius 2 is 2.37 bits per heavy atom. The first-order chi connectivity index (χ1) is 9.24. The highest BCUT2D eigenvalue weighted by molar-refractivity contribution is 9.10. The van der Waals surface area contributed by atoms with Crippen molar-refractivity contribution in [2.45, 2.75) is 32.2 Å². The van der Waals surface area contributed by atoms with Gasteiger partial charge in [0.15, 0.2) is 0 Å². The molecule has 0 radical (unpaired) electrons. The zero-order valence-electron chi connectivity index (χ0n) is 10.9. The Balaban J connectivity index is 1.59. The highest BCUT2D eigenvalue weighted by Crippen LogP contribution is 2.35. The molecule has 19 heavy (non-hydrogen) atoms. The van der Waals surface area contributed by atoms with Crippen LogP contribution in [0, 0.1) is 6.92 Å². The first kappa shape index (κ1) is 13.3. The second kappa shape index (κ2) is 5.73. The smallest absolute Gasteiger partial charge is 0.0897 e. The molecule has 1 unspecified atom stereocenters. The molecule has 3 rings (SSSR count).